The zero-order valence-electron chi connectivity index (χ0n) is 22.4. The number of nitrogens with two attached hydrogens (primary N) is 1. The summed E-state index contributed by atoms with van der Waals surface area (Å²) in [5.41, 5.74) is 7.45. The molecule has 3 amide bonds. The number of carboxylic acid groups (broad SMARTS) is 2. The Hall–Kier alpha value is -4.45. The van der Waals surface area contributed by atoms with Crippen molar-refractivity contribution in [2.75, 3.05) is 0 Å². The lowest BCUT2D eigenvalue weighted by molar-refractivity contribution is -0.147. The number of aliphatic carboxylic acids is 2. The summed E-state index contributed by atoms with van der Waals surface area (Å²) >= 11 is 0. The summed E-state index contributed by atoms with van der Waals surface area (Å²) in [6, 6.07) is 9.88. The Morgan fingerprint density at radius 1 is 0.725 bits per heavy atom. The number of amides is 3. The van der Waals surface area contributed by atoms with E-state index >= 15 is 0 Å². The number of hydrogen-bond donors (Lipinski definition) is 7. The fourth-order valence-electron chi connectivity index (χ4n) is 3.94. The van der Waals surface area contributed by atoms with Crippen LogP contribution in [0.25, 0.3) is 0 Å². The Morgan fingerprint density at radius 2 is 1.25 bits per heavy atom. The predicted octanol–water partition coefficient (Wildman–Crippen LogP) is 0.565. The van der Waals surface area contributed by atoms with E-state index in [9.17, 15) is 34.2 Å². The van der Waals surface area contributed by atoms with Gasteiger partial charge in [0.2, 0.25) is 17.7 Å². The summed E-state index contributed by atoms with van der Waals surface area (Å²) in [6.45, 7) is 3.70. The molecule has 0 fully saturated rings. The van der Waals surface area contributed by atoms with E-state index in [0.717, 1.165) is 5.56 Å². The Morgan fingerprint density at radius 3 is 1.80 bits per heavy atom. The molecule has 0 radical (unpaired) electrons. The fourth-order valence-corrected chi connectivity index (χ4v) is 3.94. The van der Waals surface area contributed by atoms with Crippen LogP contribution >= 0.6 is 0 Å². The van der Waals surface area contributed by atoms with Gasteiger partial charge in [0.15, 0.2) is 0 Å². The van der Waals surface area contributed by atoms with Crippen molar-refractivity contribution in [3.8, 4) is 5.75 Å². The number of phenolic OH excluding ortho intramolecular Hbond substituents is 1. The monoisotopic (exact) mass is 556 g/mol. The van der Waals surface area contributed by atoms with Crippen LogP contribution in [0.15, 0.2) is 54.6 Å². The number of hydrogen-bond acceptors (Lipinski definition) is 7. The van der Waals surface area contributed by atoms with Gasteiger partial charge in [-0.05, 0) is 42.0 Å². The molecular weight excluding hydrogens is 520 g/mol. The highest BCUT2D eigenvalue weighted by molar-refractivity contribution is 5.94. The Bertz CT molecular complexity index is 1170. The molecule has 2 aromatic carbocycles. The molecule has 0 aromatic heterocycles. The number of rotatable bonds is 15. The number of carbonyl (C=O) groups is 5. The average Bonchev–Trinajstić information content (AvgIpc) is 2.88. The molecular formula is C28H36N4O8. The molecule has 0 spiro atoms. The number of carbonyl (C=O) groups excluding carboxylic acids is 3. The van der Waals surface area contributed by atoms with Crippen molar-refractivity contribution in [3.05, 3.63) is 65.7 Å². The minimum atomic E-state index is -1.73. The van der Waals surface area contributed by atoms with Gasteiger partial charge >= 0.3 is 11.9 Å². The fraction of sp³-hybridized carbons (Fsp3) is 0.393. The van der Waals surface area contributed by atoms with E-state index in [1.165, 1.54) is 24.3 Å². The number of aromatic hydroxyl groups is 1. The smallest absolute Gasteiger partial charge is 0.326 e. The standard InChI is InChI=1S/C28H36N4O8/c1-16(2)12-21(30-25(36)20(29)13-17-6-4-3-5-7-17)26(37)31-22(14-18-8-10-19(33)11-9-18)27(38)32-23(28(39)40)15-24(34)35/h3-11,16,20-23,33H,12-15,29H2,1-2H3,(H,30,36)(H,31,37)(H,32,38)(H,34,35)(H,39,40). The maximum atomic E-state index is 13.4. The van der Waals surface area contributed by atoms with E-state index in [1.807, 2.05) is 44.2 Å². The quantitative estimate of drug-likeness (QED) is 0.163. The van der Waals surface area contributed by atoms with Crippen molar-refractivity contribution < 1.29 is 39.3 Å². The second kappa shape index (κ2) is 15.2. The molecule has 0 bridgehead atoms. The van der Waals surface area contributed by atoms with E-state index in [1.54, 1.807) is 0 Å². The minimum Gasteiger partial charge on any atom is -0.508 e. The summed E-state index contributed by atoms with van der Waals surface area (Å²) in [5.74, 6) is -5.22. The third kappa shape index (κ3) is 10.7. The van der Waals surface area contributed by atoms with Crippen molar-refractivity contribution >= 4 is 29.7 Å². The molecule has 4 unspecified atom stereocenters. The molecule has 2 aromatic rings. The van der Waals surface area contributed by atoms with Gasteiger partial charge in [-0.15, -0.1) is 0 Å². The molecule has 0 aliphatic carbocycles. The highest BCUT2D eigenvalue weighted by atomic mass is 16.4. The van der Waals surface area contributed by atoms with Crippen LogP contribution in [0.4, 0.5) is 0 Å². The second-order valence-corrected chi connectivity index (χ2v) is 9.92. The molecule has 216 valence electrons. The molecule has 12 heteroatoms. The van der Waals surface area contributed by atoms with Gasteiger partial charge in [0.25, 0.3) is 0 Å². The van der Waals surface area contributed by atoms with Crippen molar-refractivity contribution in [1.82, 2.24) is 16.0 Å². The lowest BCUT2D eigenvalue weighted by Gasteiger charge is -2.26. The molecule has 4 atom stereocenters. The van der Waals surface area contributed by atoms with Gasteiger partial charge in [-0.1, -0.05) is 56.3 Å². The van der Waals surface area contributed by atoms with Crippen molar-refractivity contribution in [2.24, 2.45) is 11.7 Å². The van der Waals surface area contributed by atoms with Crippen LogP contribution in [0.3, 0.4) is 0 Å². The average molecular weight is 557 g/mol. The number of benzene rings is 2. The first-order chi connectivity index (χ1) is 18.8. The first-order valence-electron chi connectivity index (χ1n) is 12.8. The van der Waals surface area contributed by atoms with Crippen LogP contribution < -0.4 is 21.7 Å². The molecule has 0 aliphatic heterocycles. The van der Waals surface area contributed by atoms with Crippen LogP contribution in [-0.4, -0.2) is 69.1 Å². The summed E-state index contributed by atoms with van der Waals surface area (Å²) in [4.78, 5) is 61.9. The summed E-state index contributed by atoms with van der Waals surface area (Å²) in [5, 5.41) is 35.3. The van der Waals surface area contributed by atoms with Gasteiger partial charge < -0.3 is 37.0 Å². The Kier molecular flexibility index (Phi) is 12.1. The number of carboxylic acids is 2. The maximum absolute atomic E-state index is 13.4. The molecule has 0 aliphatic rings. The Balaban J connectivity index is 2.23. The van der Waals surface area contributed by atoms with Crippen molar-refractivity contribution in [3.63, 3.8) is 0 Å². The molecule has 40 heavy (non-hydrogen) atoms. The van der Waals surface area contributed by atoms with Gasteiger partial charge in [-0.3, -0.25) is 19.2 Å². The molecule has 2 rings (SSSR count). The highest BCUT2D eigenvalue weighted by Crippen LogP contribution is 2.13. The molecule has 0 saturated carbocycles. The topological polar surface area (TPSA) is 208 Å². The van der Waals surface area contributed by atoms with Crippen LogP contribution in [0, 0.1) is 5.92 Å². The van der Waals surface area contributed by atoms with E-state index in [4.69, 9.17) is 10.8 Å². The third-order valence-electron chi connectivity index (χ3n) is 5.98. The minimum absolute atomic E-state index is 0.0206. The van der Waals surface area contributed by atoms with Crippen molar-refractivity contribution in [1.29, 1.82) is 0 Å². The summed E-state index contributed by atoms with van der Waals surface area (Å²) in [7, 11) is 0. The molecule has 0 heterocycles. The van der Waals surface area contributed by atoms with Gasteiger partial charge in [-0.2, -0.15) is 0 Å². The Labute approximate surface area is 232 Å². The van der Waals surface area contributed by atoms with Gasteiger partial charge in [0.1, 0.15) is 23.9 Å². The van der Waals surface area contributed by atoms with E-state index < -0.39 is 60.2 Å². The second-order valence-electron chi connectivity index (χ2n) is 9.92. The zero-order valence-corrected chi connectivity index (χ0v) is 22.4. The lowest BCUT2D eigenvalue weighted by Crippen LogP contribution is -2.58. The zero-order chi connectivity index (χ0) is 29.8. The SMILES string of the molecule is CC(C)CC(NC(=O)C(N)Cc1ccccc1)C(=O)NC(Cc1ccc(O)cc1)C(=O)NC(CC(=O)O)C(=O)O. The van der Waals surface area contributed by atoms with Gasteiger partial charge in [-0.25, -0.2) is 4.79 Å². The maximum Gasteiger partial charge on any atom is 0.326 e. The van der Waals surface area contributed by atoms with Crippen molar-refractivity contribution in [2.45, 2.75) is 63.7 Å². The molecule has 8 N–H and O–H groups in total. The lowest BCUT2D eigenvalue weighted by atomic mass is 10.00. The molecule has 0 saturated heterocycles. The number of nitrogens with one attached hydrogen (secondary N) is 3. The molecule has 12 nitrogen and oxygen atoms in total. The van der Waals surface area contributed by atoms with E-state index in [-0.39, 0.29) is 30.9 Å². The van der Waals surface area contributed by atoms with E-state index in [0.29, 0.717) is 5.56 Å². The summed E-state index contributed by atoms with van der Waals surface area (Å²) < 4.78 is 0. The van der Waals surface area contributed by atoms with Crippen LogP contribution in [0.2, 0.25) is 0 Å². The van der Waals surface area contributed by atoms with Gasteiger partial charge in [0, 0.05) is 6.42 Å². The van der Waals surface area contributed by atoms with Crippen LogP contribution in [-0.2, 0) is 36.8 Å². The first kappa shape index (κ1) is 31.8. The highest BCUT2D eigenvalue weighted by Gasteiger charge is 2.31. The normalized spacial score (nSPS) is 13.9. The van der Waals surface area contributed by atoms with Crippen LogP contribution in [0.1, 0.15) is 37.8 Å². The van der Waals surface area contributed by atoms with Gasteiger partial charge in [0.05, 0.1) is 12.5 Å². The third-order valence-corrected chi connectivity index (χ3v) is 5.98. The predicted molar refractivity (Wildman–Crippen MR) is 145 cm³/mol. The largest absolute Gasteiger partial charge is 0.508 e. The number of phenols is 1. The first-order valence-corrected chi connectivity index (χ1v) is 12.8. The summed E-state index contributed by atoms with van der Waals surface area (Å²) in [6.07, 6.45) is -0.506. The van der Waals surface area contributed by atoms with Crippen LogP contribution in [0.5, 0.6) is 5.75 Å². The van der Waals surface area contributed by atoms with E-state index in [2.05, 4.69) is 16.0 Å².